The number of piperidine rings is 1. The van der Waals surface area contributed by atoms with Crippen LogP contribution in [-0.2, 0) is 4.79 Å². The number of anilines is 1. The zero-order valence-corrected chi connectivity index (χ0v) is 18.1. The summed E-state index contributed by atoms with van der Waals surface area (Å²) in [7, 11) is 0. The number of aromatic nitrogens is 1. The number of rotatable bonds is 4. The molecule has 1 N–H and O–H groups in total. The Labute approximate surface area is 178 Å². The topological polar surface area (TPSA) is 62.3 Å². The molecule has 150 valence electrons. The second-order valence-electron chi connectivity index (χ2n) is 7.39. The van der Waals surface area contributed by atoms with Crippen LogP contribution in [0.15, 0.2) is 41.1 Å². The molecule has 1 fully saturated rings. The van der Waals surface area contributed by atoms with E-state index in [4.69, 9.17) is 0 Å². The van der Waals surface area contributed by atoms with Gasteiger partial charge in [0.1, 0.15) is 0 Å². The molecule has 3 aromatic rings. The van der Waals surface area contributed by atoms with E-state index >= 15 is 0 Å². The summed E-state index contributed by atoms with van der Waals surface area (Å²) >= 11 is 2.91. The Hall–Kier alpha value is -2.51. The molecule has 0 unspecified atom stereocenters. The number of aryl methyl sites for hydroxylation is 2. The highest BCUT2D eigenvalue weighted by molar-refractivity contribution is 7.14. The van der Waals surface area contributed by atoms with Crippen molar-refractivity contribution in [2.24, 2.45) is 5.92 Å². The number of amides is 2. The molecule has 0 atom stereocenters. The first kappa shape index (κ1) is 19.8. The third kappa shape index (κ3) is 4.41. The Morgan fingerprint density at radius 3 is 2.62 bits per heavy atom. The Kier molecular flexibility index (Phi) is 5.78. The van der Waals surface area contributed by atoms with Gasteiger partial charge in [0.2, 0.25) is 5.91 Å². The molecule has 7 heteroatoms. The number of nitrogens with one attached hydrogen (secondary N) is 1. The molecule has 0 bridgehead atoms. The minimum absolute atomic E-state index is 0.00486. The third-order valence-electron chi connectivity index (χ3n) is 5.28. The van der Waals surface area contributed by atoms with Gasteiger partial charge in [0.25, 0.3) is 5.91 Å². The van der Waals surface area contributed by atoms with Gasteiger partial charge in [-0.05, 0) is 43.7 Å². The van der Waals surface area contributed by atoms with Crippen molar-refractivity contribution in [1.82, 2.24) is 9.88 Å². The van der Waals surface area contributed by atoms with Gasteiger partial charge < -0.3 is 10.2 Å². The van der Waals surface area contributed by atoms with Gasteiger partial charge in [0.05, 0.1) is 10.6 Å². The van der Waals surface area contributed by atoms with Crippen LogP contribution >= 0.6 is 22.7 Å². The first-order chi connectivity index (χ1) is 14.0. The molecule has 2 aromatic heterocycles. The second-order valence-corrected chi connectivity index (χ2v) is 9.20. The van der Waals surface area contributed by atoms with E-state index in [1.54, 1.807) is 0 Å². The molecule has 1 aromatic carbocycles. The summed E-state index contributed by atoms with van der Waals surface area (Å²) in [6.45, 7) is 5.37. The summed E-state index contributed by atoms with van der Waals surface area (Å²) < 4.78 is 0. The molecule has 1 saturated heterocycles. The normalized spacial score (nSPS) is 14.8. The van der Waals surface area contributed by atoms with Gasteiger partial charge in [-0.15, -0.1) is 22.7 Å². The van der Waals surface area contributed by atoms with Crippen LogP contribution in [0.25, 0.3) is 11.3 Å². The summed E-state index contributed by atoms with van der Waals surface area (Å²) in [4.78, 5) is 32.3. The van der Waals surface area contributed by atoms with Crippen LogP contribution in [0.4, 0.5) is 5.13 Å². The van der Waals surface area contributed by atoms with Gasteiger partial charge >= 0.3 is 0 Å². The molecule has 2 amide bonds. The molecular weight excluding hydrogens is 402 g/mol. The molecule has 1 aliphatic heterocycles. The van der Waals surface area contributed by atoms with Gasteiger partial charge in [-0.1, -0.05) is 29.8 Å². The lowest BCUT2D eigenvalue weighted by Crippen LogP contribution is -2.41. The predicted octanol–water partition coefficient (Wildman–Crippen LogP) is 4.98. The maximum atomic E-state index is 12.7. The Balaban J connectivity index is 1.35. The Morgan fingerprint density at radius 1 is 1.14 bits per heavy atom. The SMILES string of the molecule is Cc1ccc(-c2csc(NC(=O)C3CCN(C(=O)c4cccs4)CC3)n2)c(C)c1. The minimum Gasteiger partial charge on any atom is -0.338 e. The molecule has 4 rings (SSSR count). The summed E-state index contributed by atoms with van der Waals surface area (Å²) in [5, 5.41) is 7.49. The lowest BCUT2D eigenvalue weighted by Gasteiger charge is -2.30. The van der Waals surface area contributed by atoms with Gasteiger partial charge in [-0.25, -0.2) is 4.98 Å². The molecule has 3 heterocycles. The maximum Gasteiger partial charge on any atom is 0.263 e. The van der Waals surface area contributed by atoms with Crippen molar-refractivity contribution in [3.63, 3.8) is 0 Å². The van der Waals surface area contributed by atoms with E-state index in [0.717, 1.165) is 16.1 Å². The van der Waals surface area contributed by atoms with Crippen molar-refractivity contribution < 1.29 is 9.59 Å². The smallest absolute Gasteiger partial charge is 0.263 e. The van der Waals surface area contributed by atoms with Crippen LogP contribution < -0.4 is 5.32 Å². The summed E-state index contributed by atoms with van der Waals surface area (Å²) in [6, 6.07) is 10.0. The first-order valence-corrected chi connectivity index (χ1v) is 11.4. The van der Waals surface area contributed by atoms with Crippen LogP contribution in [0.5, 0.6) is 0 Å². The number of carbonyl (C=O) groups excluding carboxylic acids is 2. The van der Waals surface area contributed by atoms with Crippen LogP contribution in [0.3, 0.4) is 0 Å². The van der Waals surface area contributed by atoms with Crippen LogP contribution in [-0.4, -0.2) is 34.8 Å². The molecule has 1 aliphatic rings. The highest BCUT2D eigenvalue weighted by atomic mass is 32.1. The minimum atomic E-state index is -0.0872. The van der Waals surface area contributed by atoms with Crippen LogP contribution in [0.2, 0.25) is 0 Å². The summed E-state index contributed by atoms with van der Waals surface area (Å²) in [5.41, 5.74) is 4.38. The number of hydrogen-bond donors (Lipinski definition) is 1. The van der Waals surface area contributed by atoms with Crippen molar-refractivity contribution in [2.75, 3.05) is 18.4 Å². The van der Waals surface area contributed by atoms with E-state index in [9.17, 15) is 9.59 Å². The first-order valence-electron chi connectivity index (χ1n) is 9.68. The monoisotopic (exact) mass is 425 g/mol. The van der Waals surface area contributed by atoms with E-state index < -0.39 is 0 Å². The van der Waals surface area contributed by atoms with Gasteiger partial charge in [0, 0.05) is 30.0 Å². The molecule has 0 radical (unpaired) electrons. The molecule has 0 aliphatic carbocycles. The maximum absolute atomic E-state index is 12.7. The highest BCUT2D eigenvalue weighted by Gasteiger charge is 2.28. The van der Waals surface area contributed by atoms with Gasteiger partial charge in [0.15, 0.2) is 5.13 Å². The van der Waals surface area contributed by atoms with Crippen molar-refractivity contribution >= 4 is 39.6 Å². The fourth-order valence-electron chi connectivity index (χ4n) is 3.66. The number of nitrogens with zero attached hydrogens (tertiary/aromatic N) is 2. The summed E-state index contributed by atoms with van der Waals surface area (Å²) in [6.07, 6.45) is 1.36. The lowest BCUT2D eigenvalue weighted by molar-refractivity contribution is -0.121. The Bertz CT molecular complexity index is 1020. The second kappa shape index (κ2) is 8.47. The fraction of sp³-hybridized carbons (Fsp3) is 0.318. The molecule has 29 heavy (non-hydrogen) atoms. The van der Waals surface area contributed by atoms with E-state index in [1.807, 2.05) is 27.8 Å². The van der Waals surface area contributed by atoms with Crippen LogP contribution in [0.1, 0.15) is 33.6 Å². The standard InChI is InChI=1S/C22H23N3O2S2/c1-14-5-6-17(15(2)12-14)18-13-29-22(23-18)24-20(26)16-7-9-25(10-8-16)21(27)19-4-3-11-28-19/h3-6,11-13,16H,7-10H2,1-2H3,(H,23,24,26). The number of thiazole rings is 1. The number of hydrogen-bond acceptors (Lipinski definition) is 5. The fourth-order valence-corrected chi connectivity index (χ4v) is 5.07. The van der Waals surface area contributed by atoms with Crippen molar-refractivity contribution in [1.29, 1.82) is 0 Å². The van der Waals surface area contributed by atoms with Gasteiger partial charge in [-0.2, -0.15) is 0 Å². The van der Waals surface area contributed by atoms with E-state index in [-0.39, 0.29) is 17.7 Å². The largest absolute Gasteiger partial charge is 0.338 e. The van der Waals surface area contributed by atoms with Crippen LogP contribution in [0, 0.1) is 19.8 Å². The van der Waals surface area contributed by atoms with E-state index in [2.05, 4.69) is 42.3 Å². The summed E-state index contributed by atoms with van der Waals surface area (Å²) in [5.74, 6) is -0.0255. The predicted molar refractivity (Wildman–Crippen MR) is 119 cm³/mol. The zero-order chi connectivity index (χ0) is 20.4. The van der Waals surface area contributed by atoms with Crippen molar-refractivity contribution in [3.8, 4) is 11.3 Å². The zero-order valence-electron chi connectivity index (χ0n) is 16.5. The quantitative estimate of drug-likeness (QED) is 0.641. The molecule has 0 saturated carbocycles. The third-order valence-corrected chi connectivity index (χ3v) is 6.89. The molecule has 0 spiro atoms. The van der Waals surface area contributed by atoms with E-state index in [1.165, 1.54) is 33.8 Å². The molecular formula is C22H23N3O2S2. The highest BCUT2D eigenvalue weighted by Crippen LogP contribution is 2.29. The number of likely N-dealkylation sites (tertiary alicyclic amines) is 1. The number of carbonyl (C=O) groups is 2. The molecule has 5 nitrogen and oxygen atoms in total. The van der Waals surface area contributed by atoms with Gasteiger partial charge in [-0.3, -0.25) is 9.59 Å². The van der Waals surface area contributed by atoms with Crippen molar-refractivity contribution in [2.45, 2.75) is 26.7 Å². The Morgan fingerprint density at radius 2 is 1.93 bits per heavy atom. The number of thiophene rings is 1. The van der Waals surface area contributed by atoms with Crippen molar-refractivity contribution in [3.05, 3.63) is 57.1 Å². The lowest BCUT2D eigenvalue weighted by atomic mass is 9.96. The average molecular weight is 426 g/mol. The van der Waals surface area contributed by atoms with E-state index in [0.29, 0.717) is 31.1 Å². The average Bonchev–Trinajstić information content (AvgIpc) is 3.40. The number of benzene rings is 1.